The van der Waals surface area contributed by atoms with Gasteiger partial charge >= 0.3 is 0 Å². The van der Waals surface area contributed by atoms with Gasteiger partial charge in [0.15, 0.2) is 0 Å². The summed E-state index contributed by atoms with van der Waals surface area (Å²) < 4.78 is 33.8. The van der Waals surface area contributed by atoms with Gasteiger partial charge in [0, 0.05) is 11.4 Å². The van der Waals surface area contributed by atoms with Crippen molar-refractivity contribution in [2.24, 2.45) is 0 Å². The molecule has 1 aliphatic carbocycles. The van der Waals surface area contributed by atoms with Gasteiger partial charge in [0.25, 0.3) is 0 Å². The molecule has 1 saturated carbocycles. The van der Waals surface area contributed by atoms with Gasteiger partial charge in [0.1, 0.15) is 0 Å². The number of morpholine rings is 1. The van der Waals surface area contributed by atoms with E-state index in [0.717, 1.165) is 27.9 Å². The topological polar surface area (TPSA) is 46.6 Å². The molecule has 7 heteroatoms. The summed E-state index contributed by atoms with van der Waals surface area (Å²) in [5, 5.41) is 0. The van der Waals surface area contributed by atoms with Gasteiger partial charge in [-0.25, -0.2) is 8.42 Å². The number of thiophene rings is 1. The number of ether oxygens (including phenoxy) is 1. The minimum absolute atomic E-state index is 0.0248. The summed E-state index contributed by atoms with van der Waals surface area (Å²) in [5.74, 6) is 0. The highest BCUT2D eigenvalue weighted by Gasteiger charge is 2.42. The molecule has 4 nitrogen and oxygen atoms in total. The molecule has 19 heavy (non-hydrogen) atoms. The Morgan fingerprint density at radius 2 is 2.26 bits per heavy atom. The molecular weight excluding hydrogens is 350 g/mol. The van der Waals surface area contributed by atoms with Crippen molar-refractivity contribution < 1.29 is 13.2 Å². The zero-order valence-electron chi connectivity index (χ0n) is 10.6. The molecule has 0 spiro atoms. The number of fused-ring (bicyclic) bond motifs is 1. The Hall–Kier alpha value is 0.0500. The van der Waals surface area contributed by atoms with E-state index in [1.807, 2.05) is 6.92 Å². The third kappa shape index (κ3) is 2.40. The van der Waals surface area contributed by atoms with Crippen LogP contribution >= 0.6 is 27.3 Å². The minimum Gasteiger partial charge on any atom is -0.375 e. The Bertz CT molecular complexity index is 584. The van der Waals surface area contributed by atoms with Crippen LogP contribution in [0.2, 0.25) is 0 Å². The lowest BCUT2D eigenvalue weighted by Gasteiger charge is -2.36. The molecule has 0 radical (unpaired) electrons. The molecule has 2 aliphatic rings. The Morgan fingerprint density at radius 3 is 2.95 bits per heavy atom. The highest BCUT2D eigenvalue weighted by atomic mass is 79.9. The van der Waals surface area contributed by atoms with Crippen LogP contribution in [0.25, 0.3) is 0 Å². The van der Waals surface area contributed by atoms with Crippen LogP contribution in [-0.4, -0.2) is 38.0 Å². The van der Waals surface area contributed by atoms with Crippen molar-refractivity contribution in [2.75, 3.05) is 13.2 Å². The molecule has 3 rings (SSSR count). The monoisotopic (exact) mass is 365 g/mol. The summed E-state index contributed by atoms with van der Waals surface area (Å²) in [6.07, 6.45) is 3.02. The van der Waals surface area contributed by atoms with Crippen molar-refractivity contribution in [3.8, 4) is 0 Å². The van der Waals surface area contributed by atoms with E-state index in [1.54, 1.807) is 10.4 Å². The number of halogens is 1. The molecule has 1 saturated heterocycles. The van der Waals surface area contributed by atoms with Gasteiger partial charge in [-0.2, -0.15) is 4.31 Å². The SMILES string of the molecule is Cc1sc(Br)cc1S(=O)(=O)N1CCOC2CCCC21. The van der Waals surface area contributed by atoms with E-state index in [4.69, 9.17) is 4.74 Å². The van der Waals surface area contributed by atoms with Crippen LogP contribution in [-0.2, 0) is 14.8 Å². The number of nitrogens with zero attached hydrogens (tertiary/aromatic N) is 1. The van der Waals surface area contributed by atoms with E-state index >= 15 is 0 Å². The molecular formula is C12H16BrNO3S2. The van der Waals surface area contributed by atoms with Crippen molar-refractivity contribution in [1.82, 2.24) is 4.31 Å². The lowest BCUT2D eigenvalue weighted by Crippen LogP contribution is -2.51. The summed E-state index contributed by atoms with van der Waals surface area (Å²) in [7, 11) is -3.39. The number of aryl methyl sites for hydroxylation is 1. The molecule has 2 unspecified atom stereocenters. The molecule has 2 atom stereocenters. The second-order valence-electron chi connectivity index (χ2n) is 4.99. The second-order valence-corrected chi connectivity index (χ2v) is 9.49. The van der Waals surface area contributed by atoms with Crippen molar-refractivity contribution in [2.45, 2.75) is 43.2 Å². The van der Waals surface area contributed by atoms with Gasteiger partial charge in [-0.15, -0.1) is 11.3 Å². The van der Waals surface area contributed by atoms with E-state index < -0.39 is 10.0 Å². The Kier molecular flexibility index (Phi) is 3.77. The van der Waals surface area contributed by atoms with Crippen molar-refractivity contribution >= 4 is 37.3 Å². The Labute approximate surface area is 125 Å². The normalized spacial score (nSPS) is 28.5. The second kappa shape index (κ2) is 5.11. The summed E-state index contributed by atoms with van der Waals surface area (Å²) in [6, 6.07) is 1.74. The van der Waals surface area contributed by atoms with Crippen molar-refractivity contribution in [3.05, 3.63) is 14.7 Å². The van der Waals surface area contributed by atoms with E-state index in [2.05, 4.69) is 15.9 Å². The van der Waals surface area contributed by atoms with Crippen LogP contribution in [0, 0.1) is 6.92 Å². The van der Waals surface area contributed by atoms with Crippen LogP contribution < -0.4 is 0 Å². The van der Waals surface area contributed by atoms with Gasteiger partial charge in [-0.3, -0.25) is 0 Å². The Morgan fingerprint density at radius 1 is 1.47 bits per heavy atom. The zero-order chi connectivity index (χ0) is 13.6. The molecule has 1 aromatic rings. The third-order valence-electron chi connectivity index (χ3n) is 3.86. The summed E-state index contributed by atoms with van der Waals surface area (Å²) in [4.78, 5) is 1.28. The van der Waals surface area contributed by atoms with Crippen LogP contribution in [0.15, 0.2) is 14.7 Å². The van der Waals surface area contributed by atoms with Crippen LogP contribution in [0.3, 0.4) is 0 Å². The number of hydrogen-bond donors (Lipinski definition) is 0. The van der Waals surface area contributed by atoms with Crippen molar-refractivity contribution in [3.63, 3.8) is 0 Å². The molecule has 0 amide bonds. The van der Waals surface area contributed by atoms with Crippen LogP contribution in [0.5, 0.6) is 0 Å². The Balaban J connectivity index is 1.97. The molecule has 2 heterocycles. The first-order valence-corrected chi connectivity index (χ1v) is 9.44. The highest BCUT2D eigenvalue weighted by molar-refractivity contribution is 9.11. The maximum atomic E-state index is 12.8. The molecule has 0 aromatic carbocycles. The number of hydrogen-bond acceptors (Lipinski definition) is 4. The average molecular weight is 366 g/mol. The number of sulfonamides is 1. The first kappa shape index (κ1) is 14.0. The van der Waals surface area contributed by atoms with E-state index in [0.29, 0.717) is 18.0 Å². The van der Waals surface area contributed by atoms with Gasteiger partial charge in [0.2, 0.25) is 10.0 Å². The molecule has 106 valence electrons. The smallest absolute Gasteiger partial charge is 0.244 e. The van der Waals surface area contributed by atoms with E-state index in [9.17, 15) is 8.42 Å². The van der Waals surface area contributed by atoms with Gasteiger partial charge in [0.05, 0.1) is 27.4 Å². The average Bonchev–Trinajstić information content (AvgIpc) is 2.94. The fourth-order valence-electron chi connectivity index (χ4n) is 3.00. The van der Waals surface area contributed by atoms with Crippen LogP contribution in [0.4, 0.5) is 0 Å². The third-order valence-corrected chi connectivity index (χ3v) is 7.59. The fourth-order valence-corrected chi connectivity index (χ4v) is 7.05. The van der Waals surface area contributed by atoms with E-state index in [1.165, 1.54) is 11.3 Å². The quantitative estimate of drug-likeness (QED) is 0.809. The predicted octanol–water partition coefficient (Wildman–Crippen LogP) is 2.76. The lowest BCUT2D eigenvalue weighted by atomic mass is 10.2. The predicted molar refractivity (Wildman–Crippen MR) is 78.0 cm³/mol. The maximum absolute atomic E-state index is 12.8. The molecule has 1 aromatic heterocycles. The summed E-state index contributed by atoms with van der Waals surface area (Å²) in [5.41, 5.74) is 0. The molecule has 2 fully saturated rings. The zero-order valence-corrected chi connectivity index (χ0v) is 13.9. The standard InChI is InChI=1S/C12H16BrNO3S2/c1-8-11(7-12(13)18-8)19(15,16)14-5-6-17-10-4-2-3-9(10)14/h7,9-10H,2-6H2,1H3. The molecule has 1 aliphatic heterocycles. The van der Waals surface area contributed by atoms with Crippen LogP contribution in [0.1, 0.15) is 24.1 Å². The van der Waals surface area contributed by atoms with E-state index in [-0.39, 0.29) is 12.1 Å². The fraction of sp³-hybridized carbons (Fsp3) is 0.667. The van der Waals surface area contributed by atoms with Gasteiger partial charge in [-0.1, -0.05) is 0 Å². The van der Waals surface area contributed by atoms with Gasteiger partial charge < -0.3 is 4.74 Å². The number of rotatable bonds is 2. The summed E-state index contributed by atoms with van der Waals surface area (Å²) in [6.45, 7) is 2.83. The first-order chi connectivity index (χ1) is 9.00. The maximum Gasteiger partial charge on any atom is 0.244 e. The molecule has 0 N–H and O–H groups in total. The van der Waals surface area contributed by atoms with Gasteiger partial charge in [-0.05, 0) is 48.2 Å². The first-order valence-electron chi connectivity index (χ1n) is 6.39. The molecule has 0 bridgehead atoms. The summed E-state index contributed by atoms with van der Waals surface area (Å²) >= 11 is 4.83. The minimum atomic E-state index is -3.39. The largest absolute Gasteiger partial charge is 0.375 e. The van der Waals surface area contributed by atoms with Crippen molar-refractivity contribution in [1.29, 1.82) is 0 Å². The lowest BCUT2D eigenvalue weighted by molar-refractivity contribution is -0.0241. The highest BCUT2D eigenvalue weighted by Crippen LogP contribution is 2.37.